The molecule has 0 spiro atoms. The standard InChI is InChI=1S/C12H27N/c1-10(13(7)8)9-12(5,6)11(2,3)4/h10H,9H2,1-8H3. The molecule has 13 heavy (non-hydrogen) atoms. The van der Waals surface area contributed by atoms with Crippen LogP contribution in [-0.2, 0) is 0 Å². The Morgan fingerprint density at radius 1 is 1.00 bits per heavy atom. The van der Waals surface area contributed by atoms with Crippen LogP contribution >= 0.6 is 0 Å². The Kier molecular flexibility index (Phi) is 3.98. The van der Waals surface area contributed by atoms with Gasteiger partial charge in [0.2, 0.25) is 0 Å². The first-order valence-electron chi connectivity index (χ1n) is 5.24. The van der Waals surface area contributed by atoms with E-state index in [0.29, 0.717) is 16.9 Å². The molecule has 0 aromatic rings. The highest BCUT2D eigenvalue weighted by atomic mass is 15.1. The first kappa shape index (κ1) is 13.0. The van der Waals surface area contributed by atoms with E-state index in [1.165, 1.54) is 6.42 Å². The summed E-state index contributed by atoms with van der Waals surface area (Å²) in [5.74, 6) is 0. The Morgan fingerprint density at radius 2 is 1.38 bits per heavy atom. The van der Waals surface area contributed by atoms with Gasteiger partial charge in [0, 0.05) is 6.04 Å². The highest BCUT2D eigenvalue weighted by molar-refractivity contribution is 4.85. The van der Waals surface area contributed by atoms with Crippen LogP contribution in [0, 0.1) is 10.8 Å². The van der Waals surface area contributed by atoms with E-state index in [9.17, 15) is 0 Å². The van der Waals surface area contributed by atoms with Gasteiger partial charge in [0.15, 0.2) is 0 Å². The van der Waals surface area contributed by atoms with Gasteiger partial charge in [-0.1, -0.05) is 34.6 Å². The van der Waals surface area contributed by atoms with Gasteiger partial charge in [-0.3, -0.25) is 0 Å². The Balaban J connectivity index is 4.34. The lowest BCUT2D eigenvalue weighted by molar-refractivity contribution is 0.0854. The predicted molar refractivity (Wildman–Crippen MR) is 61.0 cm³/mol. The summed E-state index contributed by atoms with van der Waals surface area (Å²) in [6, 6.07) is 0.661. The lowest BCUT2D eigenvalue weighted by Crippen LogP contribution is -2.37. The highest BCUT2D eigenvalue weighted by Crippen LogP contribution is 2.41. The maximum absolute atomic E-state index is 2.37. The molecule has 1 nitrogen and oxygen atoms in total. The maximum atomic E-state index is 2.37. The van der Waals surface area contributed by atoms with E-state index < -0.39 is 0 Å². The van der Waals surface area contributed by atoms with Crippen molar-refractivity contribution in [3.63, 3.8) is 0 Å². The number of rotatable bonds is 3. The van der Waals surface area contributed by atoms with Gasteiger partial charge in [-0.25, -0.2) is 0 Å². The first-order chi connectivity index (χ1) is 5.58. The van der Waals surface area contributed by atoms with Crippen molar-refractivity contribution in [2.45, 2.75) is 54.0 Å². The summed E-state index contributed by atoms with van der Waals surface area (Å²) < 4.78 is 0. The lowest BCUT2D eigenvalue weighted by Gasteiger charge is -2.42. The predicted octanol–water partition coefficient (Wildman–Crippen LogP) is 3.40. The average Bonchev–Trinajstić information content (AvgIpc) is 1.83. The van der Waals surface area contributed by atoms with Crippen molar-refractivity contribution in [2.24, 2.45) is 10.8 Å². The van der Waals surface area contributed by atoms with Crippen molar-refractivity contribution < 1.29 is 0 Å². The van der Waals surface area contributed by atoms with E-state index in [0.717, 1.165) is 0 Å². The molecular formula is C12H27N. The summed E-state index contributed by atoms with van der Waals surface area (Å²) in [4.78, 5) is 2.30. The van der Waals surface area contributed by atoms with Crippen molar-refractivity contribution in [1.82, 2.24) is 4.90 Å². The summed E-state index contributed by atoms with van der Waals surface area (Å²) in [7, 11) is 4.31. The molecule has 0 radical (unpaired) electrons. The van der Waals surface area contributed by atoms with Gasteiger partial charge >= 0.3 is 0 Å². The highest BCUT2D eigenvalue weighted by Gasteiger charge is 2.34. The molecule has 0 heterocycles. The maximum Gasteiger partial charge on any atom is 0.00661 e. The van der Waals surface area contributed by atoms with Crippen LogP contribution in [0.3, 0.4) is 0 Å². The Hall–Kier alpha value is -0.0400. The molecular weight excluding hydrogens is 158 g/mol. The fraction of sp³-hybridized carbons (Fsp3) is 1.00. The fourth-order valence-electron chi connectivity index (χ4n) is 1.23. The molecule has 0 aromatic carbocycles. The van der Waals surface area contributed by atoms with Crippen molar-refractivity contribution in [2.75, 3.05) is 14.1 Å². The molecule has 0 aliphatic rings. The summed E-state index contributed by atoms with van der Waals surface area (Å²) >= 11 is 0. The van der Waals surface area contributed by atoms with Crippen LogP contribution in [0.2, 0.25) is 0 Å². The minimum absolute atomic E-state index is 0.386. The molecule has 0 aliphatic heterocycles. The minimum Gasteiger partial charge on any atom is -0.307 e. The van der Waals surface area contributed by atoms with Crippen molar-refractivity contribution >= 4 is 0 Å². The Labute approximate surface area is 84.5 Å². The molecule has 1 atom stereocenters. The van der Waals surface area contributed by atoms with Crippen LogP contribution < -0.4 is 0 Å². The number of hydrogen-bond acceptors (Lipinski definition) is 1. The normalized spacial score (nSPS) is 16.4. The quantitative estimate of drug-likeness (QED) is 0.651. The third kappa shape index (κ3) is 3.68. The zero-order valence-corrected chi connectivity index (χ0v) is 10.7. The first-order valence-corrected chi connectivity index (χ1v) is 5.24. The zero-order valence-electron chi connectivity index (χ0n) is 10.7. The molecule has 0 bridgehead atoms. The van der Waals surface area contributed by atoms with Gasteiger partial charge in [0.05, 0.1) is 0 Å². The minimum atomic E-state index is 0.386. The Morgan fingerprint density at radius 3 is 1.62 bits per heavy atom. The second-order valence-corrected chi connectivity index (χ2v) is 6.15. The van der Waals surface area contributed by atoms with Crippen molar-refractivity contribution in [3.8, 4) is 0 Å². The van der Waals surface area contributed by atoms with E-state index in [-0.39, 0.29) is 0 Å². The molecule has 0 saturated heterocycles. The summed E-state index contributed by atoms with van der Waals surface area (Å²) in [5, 5.41) is 0. The van der Waals surface area contributed by atoms with Crippen LogP contribution in [0.5, 0.6) is 0 Å². The third-order valence-corrected chi connectivity index (χ3v) is 3.72. The van der Waals surface area contributed by atoms with Crippen LogP contribution in [-0.4, -0.2) is 25.0 Å². The van der Waals surface area contributed by atoms with Crippen LogP contribution in [0.25, 0.3) is 0 Å². The lowest BCUT2D eigenvalue weighted by atomic mass is 9.66. The molecule has 0 rings (SSSR count). The SMILES string of the molecule is CC(CC(C)(C)C(C)(C)C)N(C)C. The molecule has 0 N–H and O–H groups in total. The second kappa shape index (κ2) is 4.00. The largest absolute Gasteiger partial charge is 0.307 e. The third-order valence-electron chi connectivity index (χ3n) is 3.72. The summed E-state index contributed by atoms with van der Waals surface area (Å²) in [5.41, 5.74) is 0.786. The number of hydrogen-bond donors (Lipinski definition) is 0. The van der Waals surface area contributed by atoms with Crippen molar-refractivity contribution in [3.05, 3.63) is 0 Å². The van der Waals surface area contributed by atoms with Crippen molar-refractivity contribution in [1.29, 1.82) is 0 Å². The molecule has 1 unspecified atom stereocenters. The molecule has 0 aromatic heterocycles. The smallest absolute Gasteiger partial charge is 0.00661 e. The van der Waals surface area contributed by atoms with E-state index >= 15 is 0 Å². The summed E-state index contributed by atoms with van der Waals surface area (Å²) in [6.45, 7) is 14.0. The Bertz CT molecular complexity index is 151. The van der Waals surface area contributed by atoms with E-state index in [1.54, 1.807) is 0 Å². The van der Waals surface area contributed by atoms with E-state index in [4.69, 9.17) is 0 Å². The monoisotopic (exact) mass is 185 g/mol. The number of nitrogens with zero attached hydrogens (tertiary/aromatic N) is 1. The second-order valence-electron chi connectivity index (χ2n) is 6.15. The zero-order chi connectivity index (χ0) is 10.9. The van der Waals surface area contributed by atoms with Gasteiger partial charge in [-0.15, -0.1) is 0 Å². The van der Waals surface area contributed by atoms with Gasteiger partial charge in [0.25, 0.3) is 0 Å². The van der Waals surface area contributed by atoms with Gasteiger partial charge in [-0.2, -0.15) is 0 Å². The van der Waals surface area contributed by atoms with E-state index in [1.807, 2.05) is 0 Å². The molecule has 0 aliphatic carbocycles. The van der Waals surface area contributed by atoms with Gasteiger partial charge < -0.3 is 4.90 Å². The van der Waals surface area contributed by atoms with Crippen LogP contribution in [0.1, 0.15) is 48.0 Å². The molecule has 0 amide bonds. The van der Waals surface area contributed by atoms with Gasteiger partial charge in [0.1, 0.15) is 0 Å². The van der Waals surface area contributed by atoms with Crippen LogP contribution in [0.15, 0.2) is 0 Å². The van der Waals surface area contributed by atoms with Gasteiger partial charge in [-0.05, 0) is 38.3 Å². The van der Waals surface area contributed by atoms with Crippen LogP contribution in [0.4, 0.5) is 0 Å². The average molecular weight is 185 g/mol. The summed E-state index contributed by atoms with van der Waals surface area (Å²) in [6.07, 6.45) is 1.25. The molecule has 0 saturated carbocycles. The molecule has 80 valence electrons. The molecule has 1 heteroatoms. The topological polar surface area (TPSA) is 3.24 Å². The fourth-order valence-corrected chi connectivity index (χ4v) is 1.23. The van der Waals surface area contributed by atoms with E-state index in [2.05, 4.69) is 60.5 Å². The molecule has 0 fully saturated rings.